The maximum absolute atomic E-state index is 12.5. The molecule has 0 unspecified atom stereocenters. The van der Waals surface area contributed by atoms with Crippen molar-refractivity contribution < 1.29 is 23.4 Å². The Morgan fingerprint density at radius 3 is 2.04 bits per heavy atom. The van der Waals surface area contributed by atoms with Gasteiger partial charge in [0.15, 0.2) is 5.78 Å². The molecule has 3 rings (SSSR count). The molecule has 0 atom stereocenters. The van der Waals surface area contributed by atoms with Crippen LogP contribution in [0.2, 0.25) is 0 Å². The Kier molecular flexibility index (Phi) is 7.90. The number of carbonyl (C=O) groups is 1. The molecule has 142 valence electrons. The van der Waals surface area contributed by atoms with Crippen LogP contribution < -0.4 is 0 Å². The summed E-state index contributed by atoms with van der Waals surface area (Å²) in [5.74, 6) is 1.21. The molecule has 2 N–H and O–H groups in total. The van der Waals surface area contributed by atoms with E-state index in [0.29, 0.717) is 17.9 Å². The van der Waals surface area contributed by atoms with E-state index in [4.69, 9.17) is 0 Å². The number of ketones is 1. The number of hydrogen-bond donors (Lipinski definition) is 0. The molecule has 1 heterocycles. The number of alkyl halides is 3. The number of rotatable bonds is 5. The zero-order valence-corrected chi connectivity index (χ0v) is 14.8. The van der Waals surface area contributed by atoms with E-state index in [9.17, 15) is 18.0 Å². The summed E-state index contributed by atoms with van der Waals surface area (Å²) in [6.07, 6.45) is 0.829. The molecule has 1 aromatic rings. The topological polar surface area (TPSA) is 51.8 Å². The van der Waals surface area contributed by atoms with E-state index in [1.54, 1.807) is 0 Å². The summed E-state index contributed by atoms with van der Waals surface area (Å²) in [5, 5.41) is 0. The quantitative estimate of drug-likeness (QED) is 0.726. The van der Waals surface area contributed by atoms with Gasteiger partial charge in [0.25, 0.3) is 0 Å². The number of carbonyl (C=O) groups excluding carboxylic acids is 1. The average Bonchev–Trinajstić information content (AvgIpc) is 3.32. The van der Waals surface area contributed by atoms with Crippen LogP contribution in [0.4, 0.5) is 13.2 Å². The van der Waals surface area contributed by atoms with E-state index in [1.807, 2.05) is 0 Å². The number of likely N-dealkylation sites (tertiary alicyclic amines) is 1. The van der Waals surface area contributed by atoms with Gasteiger partial charge >= 0.3 is 6.18 Å². The third-order valence-corrected chi connectivity index (χ3v) is 4.93. The lowest BCUT2D eigenvalue weighted by molar-refractivity contribution is -0.137. The van der Waals surface area contributed by atoms with E-state index in [2.05, 4.69) is 4.90 Å². The molecule has 0 radical (unpaired) electrons. The highest BCUT2D eigenvalue weighted by atomic mass is 35.5. The summed E-state index contributed by atoms with van der Waals surface area (Å²) in [5.41, 5.74) is -0.319. The number of hydrogen-bond acceptors (Lipinski definition) is 2. The lowest BCUT2D eigenvalue weighted by Gasteiger charge is -2.31. The van der Waals surface area contributed by atoms with E-state index in [1.165, 1.54) is 31.5 Å². The summed E-state index contributed by atoms with van der Waals surface area (Å²) in [7, 11) is 0. The monoisotopic (exact) mass is 379 g/mol. The predicted molar refractivity (Wildman–Crippen MR) is 93.1 cm³/mol. The van der Waals surface area contributed by atoms with Crippen molar-refractivity contribution in [1.29, 1.82) is 0 Å². The molecule has 0 spiro atoms. The second-order valence-corrected chi connectivity index (χ2v) is 6.89. The third kappa shape index (κ3) is 6.28. The maximum atomic E-state index is 12.5. The molecule has 1 aliphatic carbocycles. The van der Waals surface area contributed by atoms with Gasteiger partial charge in [0.2, 0.25) is 0 Å². The van der Waals surface area contributed by atoms with Crippen molar-refractivity contribution in [2.75, 3.05) is 19.6 Å². The molecule has 2 aliphatic rings. The Balaban J connectivity index is 0.00000156. The van der Waals surface area contributed by atoms with Gasteiger partial charge in [-0.2, -0.15) is 13.2 Å². The fraction of sp³-hybridized carbons (Fsp3) is 0.611. The summed E-state index contributed by atoms with van der Waals surface area (Å²) in [4.78, 5) is 14.7. The summed E-state index contributed by atoms with van der Waals surface area (Å²) in [6, 6.07) is 4.58. The van der Waals surface area contributed by atoms with Crippen LogP contribution in [0.15, 0.2) is 24.3 Å². The zero-order valence-electron chi connectivity index (χ0n) is 14.0. The Morgan fingerprint density at radius 1 is 1.00 bits per heavy atom. The SMILES string of the molecule is Cl.O.O=C(CC1CCN(CC2CC2)CC1)c1ccc(C(F)(F)F)cc1. The van der Waals surface area contributed by atoms with E-state index in [0.717, 1.165) is 44.0 Å². The summed E-state index contributed by atoms with van der Waals surface area (Å²) < 4.78 is 37.6. The number of nitrogens with zero attached hydrogens (tertiary/aromatic N) is 1. The fourth-order valence-electron chi connectivity index (χ4n) is 3.26. The van der Waals surface area contributed by atoms with Gasteiger partial charge in [-0.15, -0.1) is 12.4 Å². The van der Waals surface area contributed by atoms with Crippen molar-refractivity contribution in [3.8, 4) is 0 Å². The van der Waals surface area contributed by atoms with E-state index in [-0.39, 0.29) is 23.7 Å². The van der Waals surface area contributed by atoms with Crippen LogP contribution in [-0.4, -0.2) is 35.8 Å². The first-order valence-electron chi connectivity index (χ1n) is 8.34. The Bertz CT molecular complexity index is 550. The van der Waals surface area contributed by atoms with Crippen LogP contribution in [0, 0.1) is 11.8 Å². The fourth-order valence-corrected chi connectivity index (χ4v) is 3.26. The van der Waals surface area contributed by atoms with Gasteiger partial charge in [0, 0.05) is 18.5 Å². The molecule has 25 heavy (non-hydrogen) atoms. The molecule has 3 nitrogen and oxygen atoms in total. The molecule has 1 saturated heterocycles. The standard InChI is InChI=1S/C18H22F3NO.ClH.H2O/c19-18(20,21)16-5-3-15(4-6-16)17(23)11-13-7-9-22(10-8-13)12-14-1-2-14;;/h3-6,13-14H,1-2,7-12H2;1H;1H2. The van der Waals surface area contributed by atoms with Crippen LogP contribution in [0.1, 0.15) is 48.0 Å². The van der Waals surface area contributed by atoms with Gasteiger partial charge in [0.1, 0.15) is 0 Å². The number of piperidine rings is 1. The Hall–Kier alpha value is -1.11. The van der Waals surface area contributed by atoms with Crippen molar-refractivity contribution in [2.45, 2.75) is 38.3 Å². The lowest BCUT2D eigenvalue weighted by atomic mass is 9.89. The number of Topliss-reactive ketones (excluding diaryl/α,β-unsaturated/α-hetero) is 1. The van der Waals surface area contributed by atoms with Gasteiger partial charge in [-0.3, -0.25) is 4.79 Å². The molecule has 1 aliphatic heterocycles. The van der Waals surface area contributed by atoms with Gasteiger partial charge in [0.05, 0.1) is 5.56 Å². The lowest BCUT2D eigenvalue weighted by Crippen LogP contribution is -2.35. The van der Waals surface area contributed by atoms with E-state index >= 15 is 0 Å². The van der Waals surface area contributed by atoms with Crippen LogP contribution >= 0.6 is 12.4 Å². The first-order chi connectivity index (χ1) is 10.9. The molecule has 1 saturated carbocycles. The summed E-state index contributed by atoms with van der Waals surface area (Å²) >= 11 is 0. The number of halogens is 4. The first kappa shape index (κ1) is 21.9. The largest absolute Gasteiger partial charge is 0.416 e. The second-order valence-electron chi connectivity index (χ2n) is 6.89. The normalized spacial score (nSPS) is 19.0. The van der Waals surface area contributed by atoms with Gasteiger partial charge in [-0.1, -0.05) is 12.1 Å². The highest BCUT2D eigenvalue weighted by Crippen LogP contribution is 2.32. The minimum absolute atomic E-state index is 0. The molecular weight excluding hydrogens is 355 g/mol. The van der Waals surface area contributed by atoms with Gasteiger partial charge in [-0.05, 0) is 62.7 Å². The van der Waals surface area contributed by atoms with Gasteiger partial charge in [-0.25, -0.2) is 0 Å². The summed E-state index contributed by atoms with van der Waals surface area (Å²) in [6.45, 7) is 3.28. The van der Waals surface area contributed by atoms with Gasteiger partial charge < -0.3 is 10.4 Å². The number of benzene rings is 1. The average molecular weight is 380 g/mol. The van der Waals surface area contributed by atoms with E-state index < -0.39 is 11.7 Å². The molecule has 0 amide bonds. The molecular formula is C18H25ClF3NO2. The van der Waals surface area contributed by atoms with Crippen LogP contribution in [0.25, 0.3) is 0 Å². The highest BCUT2D eigenvalue weighted by molar-refractivity contribution is 5.96. The Labute approximate surface area is 152 Å². The molecule has 2 fully saturated rings. The maximum Gasteiger partial charge on any atom is 0.416 e. The smallest absolute Gasteiger partial charge is 0.412 e. The first-order valence-corrected chi connectivity index (χ1v) is 8.34. The minimum Gasteiger partial charge on any atom is -0.412 e. The molecule has 0 aromatic heterocycles. The van der Waals surface area contributed by atoms with Crippen LogP contribution in [-0.2, 0) is 6.18 Å². The van der Waals surface area contributed by atoms with Crippen LogP contribution in [0.3, 0.4) is 0 Å². The predicted octanol–water partition coefficient (Wildman–Crippen LogP) is 4.00. The van der Waals surface area contributed by atoms with Crippen molar-refractivity contribution >= 4 is 18.2 Å². The van der Waals surface area contributed by atoms with Crippen LogP contribution in [0.5, 0.6) is 0 Å². The zero-order chi connectivity index (χ0) is 16.4. The molecule has 7 heteroatoms. The van der Waals surface area contributed by atoms with Crippen molar-refractivity contribution in [2.24, 2.45) is 11.8 Å². The van der Waals surface area contributed by atoms with Crippen molar-refractivity contribution in [3.63, 3.8) is 0 Å². The van der Waals surface area contributed by atoms with Crippen molar-refractivity contribution in [1.82, 2.24) is 4.90 Å². The molecule has 1 aromatic carbocycles. The minimum atomic E-state index is -4.35. The second kappa shape index (κ2) is 9.01. The third-order valence-electron chi connectivity index (χ3n) is 4.93. The Morgan fingerprint density at radius 2 is 1.56 bits per heavy atom. The highest BCUT2D eigenvalue weighted by Gasteiger charge is 2.31. The van der Waals surface area contributed by atoms with Crippen molar-refractivity contribution in [3.05, 3.63) is 35.4 Å². The molecule has 0 bridgehead atoms.